The van der Waals surface area contributed by atoms with Crippen LogP contribution in [-0.2, 0) is 17.6 Å². The van der Waals surface area contributed by atoms with Crippen LogP contribution in [0.15, 0.2) is 52.9 Å². The van der Waals surface area contributed by atoms with E-state index in [0.29, 0.717) is 49.2 Å². The number of nitrogens with zero attached hydrogens (tertiary/aromatic N) is 4. The first-order valence-corrected chi connectivity index (χ1v) is 10.7. The highest BCUT2D eigenvalue weighted by atomic mass is 16.5. The summed E-state index contributed by atoms with van der Waals surface area (Å²) < 4.78 is 16.4. The highest BCUT2D eigenvalue weighted by Crippen LogP contribution is 2.28. The number of rotatable bonds is 8. The zero-order valence-corrected chi connectivity index (χ0v) is 18.5. The van der Waals surface area contributed by atoms with Gasteiger partial charge in [0.2, 0.25) is 17.7 Å². The fourth-order valence-corrected chi connectivity index (χ4v) is 3.80. The molecule has 0 unspecified atom stereocenters. The highest BCUT2D eigenvalue weighted by Gasteiger charge is 2.22. The van der Waals surface area contributed by atoms with Crippen LogP contribution in [0, 0.1) is 0 Å². The van der Waals surface area contributed by atoms with E-state index in [-0.39, 0.29) is 5.91 Å². The molecule has 8 nitrogen and oxygen atoms in total. The molecule has 8 heteroatoms. The summed E-state index contributed by atoms with van der Waals surface area (Å²) in [4.78, 5) is 17.0. The Bertz CT molecular complexity index is 1030. The molecular formula is C24H28N4O4. The van der Waals surface area contributed by atoms with Gasteiger partial charge in [-0.1, -0.05) is 24.3 Å². The fraction of sp³-hybridized carbons (Fsp3) is 0.375. The Morgan fingerprint density at radius 1 is 0.969 bits per heavy atom. The Morgan fingerprint density at radius 2 is 1.72 bits per heavy atom. The average Bonchev–Trinajstić information content (AvgIpc) is 3.32. The van der Waals surface area contributed by atoms with Crippen LogP contribution in [0.4, 0.5) is 0 Å². The number of methoxy groups -OCH3 is 2. The second kappa shape index (κ2) is 10.3. The van der Waals surface area contributed by atoms with E-state index in [1.807, 2.05) is 53.4 Å². The molecular weight excluding hydrogens is 408 g/mol. The maximum absolute atomic E-state index is 12.7. The van der Waals surface area contributed by atoms with Crippen LogP contribution in [0.3, 0.4) is 0 Å². The summed E-state index contributed by atoms with van der Waals surface area (Å²) >= 11 is 0. The Hall–Kier alpha value is -3.39. The number of amides is 1. The highest BCUT2D eigenvalue weighted by molar-refractivity contribution is 5.79. The van der Waals surface area contributed by atoms with Crippen molar-refractivity contribution >= 4 is 5.91 Å². The second-order valence-electron chi connectivity index (χ2n) is 7.71. The first-order valence-electron chi connectivity index (χ1n) is 10.7. The van der Waals surface area contributed by atoms with Gasteiger partial charge in [0.15, 0.2) is 11.5 Å². The van der Waals surface area contributed by atoms with Crippen molar-refractivity contribution in [3.8, 4) is 23.0 Å². The molecule has 1 aliphatic rings. The number of benzene rings is 2. The van der Waals surface area contributed by atoms with Crippen LogP contribution >= 0.6 is 0 Å². The van der Waals surface area contributed by atoms with Crippen molar-refractivity contribution in [3.05, 3.63) is 60.0 Å². The summed E-state index contributed by atoms with van der Waals surface area (Å²) in [6.45, 7) is 3.92. The number of aromatic nitrogens is 2. The lowest BCUT2D eigenvalue weighted by molar-refractivity contribution is -0.132. The van der Waals surface area contributed by atoms with E-state index in [4.69, 9.17) is 13.9 Å². The molecule has 0 saturated carbocycles. The Balaban J connectivity index is 1.24. The van der Waals surface area contributed by atoms with Crippen molar-refractivity contribution in [1.29, 1.82) is 0 Å². The molecule has 2 aromatic carbocycles. The topological polar surface area (TPSA) is 80.9 Å². The van der Waals surface area contributed by atoms with Crippen molar-refractivity contribution in [2.75, 3.05) is 46.9 Å². The van der Waals surface area contributed by atoms with Gasteiger partial charge in [-0.05, 0) is 29.8 Å². The molecule has 4 rings (SSSR count). The van der Waals surface area contributed by atoms with Crippen molar-refractivity contribution in [3.63, 3.8) is 0 Å². The molecule has 0 N–H and O–H groups in total. The number of piperazine rings is 1. The molecule has 0 spiro atoms. The number of hydrogen-bond acceptors (Lipinski definition) is 7. The van der Waals surface area contributed by atoms with Crippen molar-refractivity contribution in [2.45, 2.75) is 12.8 Å². The van der Waals surface area contributed by atoms with Crippen LogP contribution in [-0.4, -0.2) is 72.8 Å². The smallest absolute Gasteiger partial charge is 0.247 e. The summed E-state index contributed by atoms with van der Waals surface area (Å²) in [5.74, 6) is 2.61. The van der Waals surface area contributed by atoms with Gasteiger partial charge in [-0.15, -0.1) is 10.2 Å². The quantitative estimate of drug-likeness (QED) is 0.537. The van der Waals surface area contributed by atoms with Gasteiger partial charge in [0.05, 0.1) is 20.6 Å². The van der Waals surface area contributed by atoms with Gasteiger partial charge in [-0.25, -0.2) is 0 Å². The zero-order valence-electron chi connectivity index (χ0n) is 18.5. The van der Waals surface area contributed by atoms with Gasteiger partial charge >= 0.3 is 0 Å². The van der Waals surface area contributed by atoms with Gasteiger partial charge in [-0.3, -0.25) is 9.69 Å². The summed E-state index contributed by atoms with van der Waals surface area (Å²) in [7, 11) is 3.20. The van der Waals surface area contributed by atoms with E-state index in [0.717, 1.165) is 30.8 Å². The molecule has 0 radical (unpaired) electrons. The standard InChI is InChI=1S/C24H28N4O4/c1-30-20-9-8-18(16-21(20)31-2)17-23(29)28-14-12-27(13-15-28)11-10-22-25-26-24(32-22)19-6-4-3-5-7-19/h3-9,16H,10-15,17H2,1-2H3. The molecule has 3 aromatic rings. The minimum Gasteiger partial charge on any atom is -0.493 e. The number of hydrogen-bond donors (Lipinski definition) is 0. The van der Waals surface area contributed by atoms with E-state index in [9.17, 15) is 4.79 Å². The van der Waals surface area contributed by atoms with Gasteiger partial charge in [0.25, 0.3) is 0 Å². The van der Waals surface area contributed by atoms with Crippen LogP contribution < -0.4 is 9.47 Å². The van der Waals surface area contributed by atoms with E-state index in [2.05, 4.69) is 15.1 Å². The van der Waals surface area contributed by atoms with Crippen LogP contribution in [0.25, 0.3) is 11.5 Å². The van der Waals surface area contributed by atoms with Gasteiger partial charge in [0.1, 0.15) is 0 Å². The third-order valence-corrected chi connectivity index (χ3v) is 5.66. The number of ether oxygens (including phenoxy) is 2. The van der Waals surface area contributed by atoms with Crippen LogP contribution in [0.1, 0.15) is 11.5 Å². The van der Waals surface area contributed by atoms with E-state index in [1.165, 1.54) is 0 Å². The lowest BCUT2D eigenvalue weighted by atomic mass is 10.1. The Morgan fingerprint density at radius 3 is 2.44 bits per heavy atom. The van der Waals surface area contributed by atoms with Crippen molar-refractivity contribution in [2.24, 2.45) is 0 Å². The first kappa shape index (κ1) is 21.8. The normalized spacial score (nSPS) is 14.4. The number of carbonyl (C=O) groups is 1. The minimum absolute atomic E-state index is 0.126. The lowest BCUT2D eigenvalue weighted by Gasteiger charge is -2.34. The predicted octanol–water partition coefficient (Wildman–Crippen LogP) is 2.68. The third-order valence-electron chi connectivity index (χ3n) is 5.66. The minimum atomic E-state index is 0.126. The predicted molar refractivity (Wildman–Crippen MR) is 120 cm³/mol. The molecule has 32 heavy (non-hydrogen) atoms. The van der Waals surface area contributed by atoms with E-state index in [1.54, 1.807) is 14.2 Å². The molecule has 0 bridgehead atoms. The molecule has 168 valence electrons. The summed E-state index contributed by atoms with van der Waals surface area (Å²) in [6, 6.07) is 15.4. The second-order valence-corrected chi connectivity index (χ2v) is 7.71. The largest absolute Gasteiger partial charge is 0.493 e. The molecule has 2 heterocycles. The summed E-state index contributed by atoms with van der Waals surface area (Å²) in [5.41, 5.74) is 1.84. The SMILES string of the molecule is COc1ccc(CC(=O)N2CCN(CCc3nnc(-c4ccccc4)o3)CC2)cc1OC. The Kier molecular flexibility index (Phi) is 7.01. The molecule has 1 aliphatic heterocycles. The summed E-state index contributed by atoms with van der Waals surface area (Å²) in [5, 5.41) is 8.31. The molecule has 0 aliphatic carbocycles. The monoisotopic (exact) mass is 436 g/mol. The molecule has 1 saturated heterocycles. The first-order chi connectivity index (χ1) is 15.7. The van der Waals surface area contributed by atoms with Gasteiger partial charge < -0.3 is 18.8 Å². The number of carbonyl (C=O) groups excluding carboxylic acids is 1. The van der Waals surface area contributed by atoms with E-state index < -0.39 is 0 Å². The Labute approximate surface area is 187 Å². The lowest BCUT2D eigenvalue weighted by Crippen LogP contribution is -2.49. The van der Waals surface area contributed by atoms with Gasteiger partial charge in [-0.2, -0.15) is 0 Å². The van der Waals surface area contributed by atoms with Crippen LogP contribution in [0.5, 0.6) is 11.5 Å². The van der Waals surface area contributed by atoms with E-state index >= 15 is 0 Å². The van der Waals surface area contributed by atoms with Crippen molar-refractivity contribution in [1.82, 2.24) is 20.0 Å². The molecule has 1 fully saturated rings. The maximum Gasteiger partial charge on any atom is 0.247 e. The average molecular weight is 437 g/mol. The van der Waals surface area contributed by atoms with Crippen LogP contribution in [0.2, 0.25) is 0 Å². The maximum atomic E-state index is 12.7. The fourth-order valence-electron chi connectivity index (χ4n) is 3.80. The third kappa shape index (κ3) is 5.26. The summed E-state index contributed by atoms with van der Waals surface area (Å²) in [6.07, 6.45) is 1.05. The molecule has 1 amide bonds. The van der Waals surface area contributed by atoms with Crippen molar-refractivity contribution < 1.29 is 18.7 Å². The molecule has 1 aromatic heterocycles. The molecule has 0 atom stereocenters. The zero-order chi connectivity index (χ0) is 22.3. The van der Waals surface area contributed by atoms with Gasteiger partial charge in [0, 0.05) is 44.7 Å².